The molecule has 3 aromatic heterocycles. The number of aryl methyl sites for hydroxylation is 1. The van der Waals surface area contributed by atoms with Crippen molar-refractivity contribution in [2.24, 2.45) is 0 Å². The Morgan fingerprint density at radius 3 is 2.75 bits per heavy atom. The van der Waals surface area contributed by atoms with Gasteiger partial charge in [0.25, 0.3) is 5.91 Å². The van der Waals surface area contributed by atoms with Crippen LogP contribution in [0.3, 0.4) is 0 Å². The van der Waals surface area contributed by atoms with Crippen LogP contribution in [0.25, 0.3) is 16.6 Å². The minimum absolute atomic E-state index is 0.223. The van der Waals surface area contributed by atoms with Crippen LogP contribution in [-0.2, 0) is 0 Å². The molecule has 4 heterocycles. The number of nitrogens with zero attached hydrogens (tertiary/aromatic N) is 5. The molecule has 8 nitrogen and oxygen atoms in total. The molecule has 1 aromatic carbocycles. The molecule has 1 amide bonds. The highest BCUT2D eigenvalue weighted by Gasteiger charge is 2.24. The number of amides is 1. The average Bonchev–Trinajstić information content (AvgIpc) is 3.13. The second-order valence-corrected chi connectivity index (χ2v) is 8.44. The van der Waals surface area contributed by atoms with Crippen LogP contribution in [-0.4, -0.2) is 50.7 Å². The normalized spacial score (nSPS) is 18.9. The number of hydrogen-bond donors (Lipinski definition) is 2. The number of hydrogen-bond acceptors (Lipinski definition) is 6. The lowest BCUT2D eigenvalue weighted by Crippen LogP contribution is -2.54. The van der Waals surface area contributed by atoms with E-state index in [4.69, 9.17) is 0 Å². The van der Waals surface area contributed by atoms with Crippen LogP contribution in [0.1, 0.15) is 29.9 Å². The molecule has 1 aliphatic rings. The fourth-order valence-corrected chi connectivity index (χ4v) is 4.50. The molecule has 1 saturated heterocycles. The number of nitrogens with one attached hydrogen (secondary N) is 2. The molecule has 0 bridgehead atoms. The van der Waals surface area contributed by atoms with Crippen molar-refractivity contribution < 1.29 is 9.18 Å². The Balaban J connectivity index is 1.50. The van der Waals surface area contributed by atoms with Crippen LogP contribution < -0.4 is 15.5 Å². The number of rotatable bonds is 3. The fraction of sp³-hybridized carbons (Fsp3) is 0.304. The Bertz CT molecular complexity index is 1320. The van der Waals surface area contributed by atoms with E-state index >= 15 is 0 Å². The van der Waals surface area contributed by atoms with Crippen molar-refractivity contribution in [1.29, 1.82) is 0 Å². The van der Waals surface area contributed by atoms with Gasteiger partial charge in [-0.2, -0.15) is 5.10 Å². The quantitative estimate of drug-likeness (QED) is 0.516. The number of anilines is 2. The topological polar surface area (TPSA) is 87.5 Å². The van der Waals surface area contributed by atoms with E-state index < -0.39 is 5.82 Å². The van der Waals surface area contributed by atoms with Crippen LogP contribution >= 0.6 is 0 Å². The van der Waals surface area contributed by atoms with Crippen LogP contribution in [0, 0.1) is 12.7 Å². The maximum absolute atomic E-state index is 14.4. The predicted molar refractivity (Wildman–Crippen MR) is 122 cm³/mol. The first-order valence-corrected chi connectivity index (χ1v) is 10.6. The van der Waals surface area contributed by atoms with Crippen molar-refractivity contribution in [3.8, 4) is 0 Å². The van der Waals surface area contributed by atoms with Gasteiger partial charge in [-0.15, -0.1) is 5.10 Å². The highest BCUT2D eigenvalue weighted by Crippen LogP contribution is 2.30. The summed E-state index contributed by atoms with van der Waals surface area (Å²) in [6, 6.07) is 7.56. The number of carbonyl (C=O) groups excluding carboxylic acids is 1. The van der Waals surface area contributed by atoms with Gasteiger partial charge in [-0.05, 0) is 39.0 Å². The zero-order valence-electron chi connectivity index (χ0n) is 18.1. The molecule has 32 heavy (non-hydrogen) atoms. The Hall–Kier alpha value is -3.59. The third kappa shape index (κ3) is 3.64. The monoisotopic (exact) mass is 433 g/mol. The van der Waals surface area contributed by atoms with Gasteiger partial charge in [-0.3, -0.25) is 4.79 Å². The first kappa shape index (κ1) is 20.3. The van der Waals surface area contributed by atoms with E-state index in [1.54, 1.807) is 36.0 Å². The average molecular weight is 433 g/mol. The van der Waals surface area contributed by atoms with Crippen molar-refractivity contribution in [2.75, 3.05) is 23.3 Å². The van der Waals surface area contributed by atoms with Crippen LogP contribution in [0.5, 0.6) is 0 Å². The maximum Gasteiger partial charge on any atom is 0.257 e. The van der Waals surface area contributed by atoms with Crippen molar-refractivity contribution in [3.63, 3.8) is 0 Å². The van der Waals surface area contributed by atoms with Crippen LogP contribution in [0.15, 0.2) is 42.9 Å². The number of imidazole rings is 1. The van der Waals surface area contributed by atoms with Gasteiger partial charge in [0.1, 0.15) is 5.52 Å². The number of fused-ring (bicyclic) bond motifs is 2. The smallest absolute Gasteiger partial charge is 0.257 e. The molecular formula is C23H24FN7O. The van der Waals surface area contributed by atoms with Crippen LogP contribution in [0.4, 0.5) is 15.8 Å². The summed E-state index contributed by atoms with van der Waals surface area (Å²) < 4.78 is 16.0. The summed E-state index contributed by atoms with van der Waals surface area (Å²) >= 11 is 0. The lowest BCUT2D eigenvalue weighted by molar-refractivity contribution is 0.102. The Kier molecular flexibility index (Phi) is 4.97. The molecule has 1 fully saturated rings. The van der Waals surface area contributed by atoms with Gasteiger partial charge in [-0.25, -0.2) is 9.37 Å². The summed E-state index contributed by atoms with van der Waals surface area (Å²) in [6.07, 6.45) is 4.98. The van der Waals surface area contributed by atoms with Crippen LogP contribution in [0.2, 0.25) is 0 Å². The summed E-state index contributed by atoms with van der Waals surface area (Å²) in [5.74, 6) is -0.877. The summed E-state index contributed by atoms with van der Waals surface area (Å²) in [6.45, 7) is 7.82. The molecule has 2 N–H and O–H groups in total. The van der Waals surface area contributed by atoms with Crippen molar-refractivity contribution in [1.82, 2.24) is 24.9 Å². The zero-order valence-corrected chi connectivity index (χ0v) is 18.1. The number of aromatic nitrogens is 4. The molecule has 0 unspecified atom stereocenters. The number of halogens is 1. The van der Waals surface area contributed by atoms with E-state index in [0.717, 1.165) is 24.2 Å². The lowest BCUT2D eigenvalue weighted by atomic mass is 10.0. The second-order valence-electron chi connectivity index (χ2n) is 8.44. The minimum Gasteiger partial charge on any atom is -0.368 e. The number of carbonyl (C=O) groups is 1. The van der Waals surface area contributed by atoms with Crippen molar-refractivity contribution in [2.45, 2.75) is 32.9 Å². The predicted octanol–water partition coefficient (Wildman–Crippen LogP) is 3.16. The third-order valence-corrected chi connectivity index (χ3v) is 5.69. The molecule has 0 spiro atoms. The SMILES string of the molecule is Cc1cn2cc(NC(=O)c3ccc(N4C[C@@H](C)N[C@@H](C)C4)c4ccnnc34)cc(F)c2n1. The van der Waals surface area contributed by atoms with E-state index in [2.05, 4.69) is 44.6 Å². The molecular weight excluding hydrogens is 409 g/mol. The summed E-state index contributed by atoms with van der Waals surface area (Å²) in [5.41, 5.74) is 3.18. The Labute approximate surface area is 184 Å². The van der Waals surface area contributed by atoms with Gasteiger partial charge in [0.2, 0.25) is 0 Å². The molecule has 2 atom stereocenters. The molecule has 9 heteroatoms. The minimum atomic E-state index is -0.502. The lowest BCUT2D eigenvalue weighted by Gasteiger charge is -2.38. The third-order valence-electron chi connectivity index (χ3n) is 5.69. The number of benzene rings is 1. The van der Waals surface area contributed by atoms with Gasteiger partial charge in [0, 0.05) is 54.7 Å². The molecule has 4 aromatic rings. The second kappa shape index (κ2) is 7.83. The molecule has 5 rings (SSSR count). The highest BCUT2D eigenvalue weighted by atomic mass is 19.1. The summed E-state index contributed by atoms with van der Waals surface area (Å²) in [4.78, 5) is 19.6. The molecule has 164 valence electrons. The Morgan fingerprint density at radius 2 is 1.97 bits per heavy atom. The number of piperazine rings is 1. The standard InChI is InChI=1S/C23H24FN7O/c1-13-9-30(10-14(2)26-13)20-5-4-18(21-17(20)6-7-25-29-21)23(32)28-16-8-19(24)22-27-15(3)11-31(22)12-16/h4-8,11-14,26H,9-10H2,1-3H3,(H,28,32)/t13-,14+. The van der Waals surface area contributed by atoms with Gasteiger partial charge in [0.05, 0.1) is 23.1 Å². The summed E-state index contributed by atoms with van der Waals surface area (Å²) in [5, 5.41) is 15.4. The first-order chi connectivity index (χ1) is 15.4. The maximum atomic E-state index is 14.4. The van der Waals surface area contributed by atoms with E-state index in [0.29, 0.717) is 34.5 Å². The van der Waals surface area contributed by atoms with Gasteiger partial charge >= 0.3 is 0 Å². The van der Waals surface area contributed by atoms with E-state index in [1.807, 2.05) is 12.1 Å². The molecule has 1 aliphatic heterocycles. The zero-order chi connectivity index (χ0) is 22.4. The molecule has 0 radical (unpaired) electrons. The summed E-state index contributed by atoms with van der Waals surface area (Å²) in [7, 11) is 0. The Morgan fingerprint density at radius 1 is 1.19 bits per heavy atom. The number of pyridine rings is 1. The molecule has 0 aliphatic carbocycles. The van der Waals surface area contributed by atoms with E-state index in [-0.39, 0.29) is 11.6 Å². The van der Waals surface area contributed by atoms with E-state index in [9.17, 15) is 9.18 Å². The fourth-order valence-electron chi connectivity index (χ4n) is 4.50. The largest absolute Gasteiger partial charge is 0.368 e. The molecule has 0 saturated carbocycles. The first-order valence-electron chi connectivity index (χ1n) is 10.6. The van der Waals surface area contributed by atoms with Gasteiger partial charge < -0.3 is 19.9 Å². The van der Waals surface area contributed by atoms with E-state index in [1.165, 1.54) is 6.07 Å². The van der Waals surface area contributed by atoms with Crippen molar-refractivity contribution >= 4 is 33.8 Å². The van der Waals surface area contributed by atoms with Gasteiger partial charge in [-0.1, -0.05) is 0 Å². The van der Waals surface area contributed by atoms with Gasteiger partial charge in [0.15, 0.2) is 11.5 Å². The van der Waals surface area contributed by atoms with Crippen molar-refractivity contribution in [3.05, 3.63) is 59.9 Å². The highest BCUT2D eigenvalue weighted by molar-refractivity contribution is 6.13.